The van der Waals surface area contributed by atoms with E-state index in [1.54, 1.807) is 0 Å². The lowest BCUT2D eigenvalue weighted by Gasteiger charge is -2.21. The van der Waals surface area contributed by atoms with Crippen molar-refractivity contribution in [3.05, 3.63) is 24.3 Å². The zero-order valence-corrected chi connectivity index (χ0v) is 53.9. The minimum absolute atomic E-state index is 0.0849. The van der Waals surface area contributed by atoms with Gasteiger partial charge in [-0.25, -0.2) is 9.13 Å². The Kier molecular flexibility index (Phi) is 54.7. The van der Waals surface area contributed by atoms with Crippen LogP contribution in [0.15, 0.2) is 24.3 Å². The Morgan fingerprint density at radius 2 is 0.659 bits per heavy atom. The number of phosphoric acid groups is 2. The Hall–Kier alpha value is -2.46. The largest absolute Gasteiger partial charge is 0.472 e. The summed E-state index contributed by atoms with van der Waals surface area (Å²) in [6.45, 7) is 6.98. The molecule has 0 aromatic rings. The van der Waals surface area contributed by atoms with E-state index in [-0.39, 0.29) is 25.7 Å². The van der Waals surface area contributed by atoms with Crippen LogP contribution in [0.5, 0.6) is 0 Å². The van der Waals surface area contributed by atoms with E-state index >= 15 is 0 Å². The number of aliphatic hydroxyl groups is 1. The van der Waals surface area contributed by atoms with Gasteiger partial charge >= 0.3 is 39.5 Å². The van der Waals surface area contributed by atoms with Crippen molar-refractivity contribution in [1.82, 2.24) is 0 Å². The van der Waals surface area contributed by atoms with Gasteiger partial charge in [0.2, 0.25) is 0 Å². The maximum atomic E-state index is 13.0. The molecule has 0 aliphatic rings. The maximum Gasteiger partial charge on any atom is 0.472 e. The van der Waals surface area contributed by atoms with E-state index in [1.165, 1.54) is 89.9 Å². The molecule has 0 radical (unpaired) electrons. The highest BCUT2D eigenvalue weighted by Gasteiger charge is 2.30. The topological polar surface area (TPSA) is 237 Å². The quantitative estimate of drug-likeness (QED) is 0.0169. The van der Waals surface area contributed by atoms with E-state index in [0.717, 1.165) is 116 Å². The van der Waals surface area contributed by atoms with Gasteiger partial charge in [0.15, 0.2) is 12.2 Å². The molecule has 0 saturated carbocycles. The summed E-state index contributed by atoms with van der Waals surface area (Å²) >= 11 is 0. The molecule has 19 heteroatoms. The van der Waals surface area contributed by atoms with Crippen LogP contribution >= 0.6 is 15.6 Å². The van der Waals surface area contributed by atoms with Crippen LogP contribution < -0.4 is 0 Å². The number of hydrogen-bond donors (Lipinski definition) is 3. The Morgan fingerprint density at radius 3 is 1.00 bits per heavy atom. The molecule has 0 rings (SSSR count). The zero-order valence-electron chi connectivity index (χ0n) is 52.1. The second-order valence-corrected chi connectivity index (χ2v) is 25.5. The summed E-state index contributed by atoms with van der Waals surface area (Å²) in [7, 11) is -9.89. The SMILES string of the molecule is CCCCCC/C=C\C=C/CCCCCCCC(=O)O[C@H](COC(=O)CCCCCCCCCCCCC)COP(=O)(O)OC[C@@H](O)COP(=O)(O)OC[C@@H](COC(=O)CCCCCCCCC)OC(=O)CCCCCCCCC(C)C. The first kappa shape index (κ1) is 79.5. The number of hydrogen-bond acceptors (Lipinski definition) is 15. The van der Waals surface area contributed by atoms with E-state index in [4.69, 9.17) is 37.0 Å². The van der Waals surface area contributed by atoms with Crippen molar-refractivity contribution in [3.63, 3.8) is 0 Å². The molecule has 5 atom stereocenters. The van der Waals surface area contributed by atoms with E-state index in [9.17, 15) is 43.2 Å². The molecule has 0 spiro atoms. The lowest BCUT2D eigenvalue weighted by atomic mass is 10.0. The third-order valence-electron chi connectivity index (χ3n) is 13.9. The summed E-state index contributed by atoms with van der Waals surface area (Å²) in [5, 5.41) is 10.5. The molecule has 82 heavy (non-hydrogen) atoms. The van der Waals surface area contributed by atoms with Gasteiger partial charge in [0.05, 0.1) is 26.4 Å². The number of carbonyl (C=O) groups is 4. The second-order valence-electron chi connectivity index (χ2n) is 22.6. The van der Waals surface area contributed by atoms with Crippen molar-refractivity contribution < 1.29 is 80.2 Å². The van der Waals surface area contributed by atoms with Crippen LogP contribution in [-0.2, 0) is 65.4 Å². The van der Waals surface area contributed by atoms with Gasteiger partial charge in [-0.2, -0.15) is 0 Å². The van der Waals surface area contributed by atoms with Gasteiger partial charge in [-0.1, -0.05) is 239 Å². The minimum atomic E-state index is -4.95. The third kappa shape index (κ3) is 56.7. The van der Waals surface area contributed by atoms with Crippen LogP contribution in [0.2, 0.25) is 0 Å². The lowest BCUT2D eigenvalue weighted by Crippen LogP contribution is -2.30. The number of ether oxygens (including phenoxy) is 4. The summed E-state index contributed by atoms with van der Waals surface area (Å²) in [5.74, 6) is -1.51. The average molecular weight is 1210 g/mol. The summed E-state index contributed by atoms with van der Waals surface area (Å²) in [6, 6.07) is 0. The number of carbonyl (C=O) groups excluding carboxylic acids is 4. The van der Waals surface area contributed by atoms with Crippen molar-refractivity contribution >= 4 is 39.5 Å². The third-order valence-corrected chi connectivity index (χ3v) is 15.8. The first-order chi connectivity index (χ1) is 39.5. The molecular weight excluding hydrogens is 1090 g/mol. The van der Waals surface area contributed by atoms with E-state index in [2.05, 4.69) is 58.9 Å². The number of phosphoric ester groups is 2. The minimum Gasteiger partial charge on any atom is -0.462 e. The second kappa shape index (κ2) is 56.4. The average Bonchev–Trinajstić information content (AvgIpc) is 3.46. The van der Waals surface area contributed by atoms with Crippen molar-refractivity contribution in [2.45, 2.75) is 310 Å². The molecule has 17 nitrogen and oxygen atoms in total. The number of unbranched alkanes of at least 4 members (excludes halogenated alkanes) is 30. The summed E-state index contributed by atoms with van der Waals surface area (Å²) in [5.41, 5.74) is 0. The van der Waals surface area contributed by atoms with Crippen LogP contribution in [0.1, 0.15) is 291 Å². The van der Waals surface area contributed by atoms with Crippen LogP contribution in [0.3, 0.4) is 0 Å². The molecule has 0 aromatic carbocycles. The number of allylic oxidation sites excluding steroid dienone is 4. The lowest BCUT2D eigenvalue weighted by molar-refractivity contribution is -0.161. The summed E-state index contributed by atoms with van der Waals surface area (Å²) < 4.78 is 67.8. The van der Waals surface area contributed by atoms with Crippen LogP contribution in [0.4, 0.5) is 0 Å². The molecular formula is C63H118O17P2. The van der Waals surface area contributed by atoms with Gasteiger partial charge in [0.1, 0.15) is 19.3 Å². The fourth-order valence-corrected chi connectivity index (χ4v) is 10.4. The number of aliphatic hydroxyl groups excluding tert-OH is 1. The fraction of sp³-hybridized carbons (Fsp3) is 0.873. The van der Waals surface area contributed by atoms with Gasteiger partial charge in [-0.15, -0.1) is 0 Å². The highest BCUT2D eigenvalue weighted by Crippen LogP contribution is 2.45. The van der Waals surface area contributed by atoms with Crippen molar-refractivity contribution in [2.75, 3.05) is 39.6 Å². The highest BCUT2D eigenvalue weighted by atomic mass is 31.2. The molecule has 0 bridgehead atoms. The van der Waals surface area contributed by atoms with Gasteiger partial charge in [-0.3, -0.25) is 37.3 Å². The molecule has 482 valence electrons. The predicted molar refractivity (Wildman–Crippen MR) is 326 cm³/mol. The number of rotatable bonds is 61. The fourth-order valence-electron chi connectivity index (χ4n) is 8.87. The van der Waals surface area contributed by atoms with Crippen molar-refractivity contribution in [2.24, 2.45) is 5.92 Å². The molecule has 2 unspecified atom stereocenters. The summed E-state index contributed by atoms with van der Waals surface area (Å²) in [4.78, 5) is 72.0. The van der Waals surface area contributed by atoms with E-state index in [0.29, 0.717) is 31.6 Å². The van der Waals surface area contributed by atoms with Gasteiger partial charge in [0, 0.05) is 25.7 Å². The standard InChI is InChI=1S/C63H118O17P2/c1-6-9-12-15-18-20-22-23-24-25-27-29-32-38-43-48-62(67)79-58(53-74-61(66)47-42-37-31-28-26-21-19-16-13-10-7-2)54-77-81(69,70)75-50-57(64)51-76-82(71,72)78-55-59(52-73-60(65)46-41-36-30-17-14-11-8-3)80-63(68)49-44-39-34-33-35-40-45-56(4)5/h20,22-24,56-59,64H,6-19,21,25-55H2,1-5H3,(H,69,70)(H,71,72)/b22-20-,24-23-/t57-,58-,59-/m1/s1. The normalized spacial score (nSPS) is 14.5. The molecule has 0 amide bonds. The number of esters is 4. The Bertz CT molecular complexity index is 1690. The summed E-state index contributed by atoms with van der Waals surface area (Å²) in [6.07, 6.45) is 42.8. The first-order valence-corrected chi connectivity index (χ1v) is 35.4. The predicted octanol–water partition coefficient (Wildman–Crippen LogP) is 17.0. The molecule has 0 aromatic heterocycles. The molecule has 0 aliphatic carbocycles. The van der Waals surface area contributed by atoms with E-state index in [1.807, 2.05) is 0 Å². The Labute approximate surface area is 497 Å². The molecule has 0 aliphatic heterocycles. The van der Waals surface area contributed by atoms with Gasteiger partial charge < -0.3 is 33.8 Å². The monoisotopic (exact) mass is 1210 g/mol. The molecule has 0 saturated heterocycles. The van der Waals surface area contributed by atoms with Gasteiger partial charge in [-0.05, 0) is 57.3 Å². The van der Waals surface area contributed by atoms with Crippen LogP contribution in [-0.4, -0.2) is 96.7 Å². The van der Waals surface area contributed by atoms with Crippen molar-refractivity contribution in [1.29, 1.82) is 0 Å². The highest BCUT2D eigenvalue weighted by molar-refractivity contribution is 7.47. The smallest absolute Gasteiger partial charge is 0.462 e. The Balaban J connectivity index is 5.25. The molecule has 3 N–H and O–H groups in total. The molecule has 0 heterocycles. The van der Waals surface area contributed by atoms with Crippen LogP contribution in [0, 0.1) is 5.92 Å². The Morgan fingerprint density at radius 1 is 0.378 bits per heavy atom. The van der Waals surface area contributed by atoms with Crippen LogP contribution in [0.25, 0.3) is 0 Å². The maximum absolute atomic E-state index is 13.0. The molecule has 0 fully saturated rings. The van der Waals surface area contributed by atoms with Gasteiger partial charge in [0.25, 0.3) is 0 Å². The zero-order chi connectivity index (χ0) is 60.6. The first-order valence-electron chi connectivity index (χ1n) is 32.5. The van der Waals surface area contributed by atoms with E-state index < -0.39 is 97.5 Å². The van der Waals surface area contributed by atoms with Crippen molar-refractivity contribution in [3.8, 4) is 0 Å².